The van der Waals surface area contributed by atoms with Gasteiger partial charge in [-0.05, 0) is 29.7 Å². The van der Waals surface area contributed by atoms with E-state index in [0.29, 0.717) is 6.42 Å². The van der Waals surface area contributed by atoms with Crippen molar-refractivity contribution in [2.75, 3.05) is 0 Å². The third kappa shape index (κ3) is 2.50. The summed E-state index contributed by atoms with van der Waals surface area (Å²) in [6.07, 6.45) is 0.532. The molecule has 1 saturated carbocycles. The highest BCUT2D eigenvalue weighted by Crippen LogP contribution is 2.53. The molecule has 2 nitrogen and oxygen atoms in total. The SMILES string of the molecule is C[C@@H](NC(=O)[C@H]1CC1(Cl)Cl)c1cccc2ccccc12. The summed E-state index contributed by atoms with van der Waals surface area (Å²) in [6, 6.07) is 14.2. The Morgan fingerprint density at radius 2 is 1.90 bits per heavy atom. The molecule has 3 rings (SSSR count). The van der Waals surface area contributed by atoms with Crippen molar-refractivity contribution in [3.05, 3.63) is 48.0 Å². The minimum absolute atomic E-state index is 0.0710. The molecular weight excluding hydrogens is 293 g/mol. The molecule has 0 radical (unpaired) electrons. The van der Waals surface area contributed by atoms with E-state index in [1.165, 1.54) is 5.39 Å². The molecule has 0 heterocycles. The maximum Gasteiger partial charge on any atom is 0.226 e. The van der Waals surface area contributed by atoms with Crippen LogP contribution in [0.15, 0.2) is 42.5 Å². The van der Waals surface area contributed by atoms with Crippen LogP contribution >= 0.6 is 23.2 Å². The number of fused-ring (bicyclic) bond motifs is 1. The van der Waals surface area contributed by atoms with Crippen molar-refractivity contribution in [3.8, 4) is 0 Å². The first-order valence-corrected chi connectivity index (χ1v) is 7.40. The first kappa shape index (κ1) is 13.7. The lowest BCUT2D eigenvalue weighted by atomic mass is 9.99. The second-order valence-electron chi connectivity index (χ2n) is 5.32. The monoisotopic (exact) mass is 307 g/mol. The number of carbonyl (C=O) groups is 1. The number of amides is 1. The predicted octanol–water partition coefficient (Wildman–Crippen LogP) is 4.21. The standard InChI is InChI=1S/C16H15Cl2NO/c1-10(19-15(20)14-9-16(14,17)18)12-8-4-6-11-5-2-3-7-13(11)12/h2-8,10,14H,9H2,1H3,(H,19,20)/t10-,14-/m1/s1. The second-order valence-corrected chi connectivity index (χ2v) is 6.86. The molecule has 2 aromatic carbocycles. The number of hydrogen-bond acceptors (Lipinski definition) is 1. The fourth-order valence-corrected chi connectivity index (χ4v) is 3.02. The average molecular weight is 308 g/mol. The summed E-state index contributed by atoms with van der Waals surface area (Å²) in [5.41, 5.74) is 1.10. The number of nitrogens with one attached hydrogen (secondary N) is 1. The molecule has 0 aromatic heterocycles. The third-order valence-corrected chi connectivity index (χ3v) is 4.63. The van der Waals surface area contributed by atoms with Crippen molar-refractivity contribution in [2.24, 2.45) is 5.92 Å². The van der Waals surface area contributed by atoms with Crippen molar-refractivity contribution in [3.63, 3.8) is 0 Å². The molecule has 0 aliphatic heterocycles. The van der Waals surface area contributed by atoms with E-state index in [-0.39, 0.29) is 17.9 Å². The Morgan fingerprint density at radius 3 is 2.60 bits per heavy atom. The molecule has 2 aromatic rings. The van der Waals surface area contributed by atoms with Gasteiger partial charge in [-0.25, -0.2) is 0 Å². The Labute approximate surface area is 128 Å². The van der Waals surface area contributed by atoms with Crippen molar-refractivity contribution in [2.45, 2.75) is 23.7 Å². The number of carbonyl (C=O) groups excluding carboxylic acids is 1. The van der Waals surface area contributed by atoms with Crippen molar-refractivity contribution >= 4 is 39.9 Å². The molecule has 1 aliphatic rings. The van der Waals surface area contributed by atoms with E-state index < -0.39 is 4.33 Å². The third-order valence-electron chi connectivity index (χ3n) is 3.79. The van der Waals surface area contributed by atoms with Gasteiger partial charge in [-0.15, -0.1) is 23.2 Å². The fraction of sp³-hybridized carbons (Fsp3) is 0.312. The van der Waals surface area contributed by atoms with Crippen molar-refractivity contribution < 1.29 is 4.79 Å². The molecule has 1 fully saturated rings. The summed E-state index contributed by atoms with van der Waals surface area (Å²) in [5.74, 6) is -0.362. The first-order chi connectivity index (χ1) is 9.49. The smallest absolute Gasteiger partial charge is 0.226 e. The van der Waals surface area contributed by atoms with Gasteiger partial charge in [0.2, 0.25) is 5.91 Å². The van der Waals surface area contributed by atoms with Crippen LogP contribution < -0.4 is 5.32 Å². The Kier molecular flexibility index (Phi) is 3.39. The normalized spacial score (nSPS) is 21.4. The molecular formula is C16H15Cl2NO. The number of alkyl halides is 2. The van der Waals surface area contributed by atoms with Crippen LogP contribution in [0, 0.1) is 5.92 Å². The maximum atomic E-state index is 12.1. The largest absolute Gasteiger partial charge is 0.349 e. The van der Waals surface area contributed by atoms with E-state index in [1.54, 1.807) is 0 Å². The van der Waals surface area contributed by atoms with Gasteiger partial charge in [0.15, 0.2) is 0 Å². The summed E-state index contributed by atoms with van der Waals surface area (Å²) in [5, 5.41) is 5.32. The molecule has 4 heteroatoms. The molecule has 1 aliphatic carbocycles. The topological polar surface area (TPSA) is 29.1 Å². The predicted molar refractivity (Wildman–Crippen MR) is 83.0 cm³/mol. The second kappa shape index (κ2) is 4.94. The Morgan fingerprint density at radius 1 is 1.25 bits per heavy atom. The highest BCUT2D eigenvalue weighted by atomic mass is 35.5. The van der Waals surface area contributed by atoms with Crippen LogP contribution in [0.25, 0.3) is 10.8 Å². The summed E-state index contributed by atoms with van der Waals surface area (Å²) >= 11 is 11.9. The summed E-state index contributed by atoms with van der Waals surface area (Å²) in [7, 11) is 0. The quantitative estimate of drug-likeness (QED) is 0.846. The molecule has 20 heavy (non-hydrogen) atoms. The summed E-state index contributed by atoms with van der Waals surface area (Å²) < 4.78 is -0.872. The molecule has 1 N–H and O–H groups in total. The van der Waals surface area contributed by atoms with Gasteiger partial charge in [-0.1, -0.05) is 42.5 Å². The van der Waals surface area contributed by atoms with Gasteiger partial charge < -0.3 is 5.32 Å². The molecule has 104 valence electrons. The van der Waals surface area contributed by atoms with E-state index >= 15 is 0 Å². The van der Waals surface area contributed by atoms with Gasteiger partial charge in [0, 0.05) is 0 Å². The van der Waals surface area contributed by atoms with Crippen LogP contribution in [-0.4, -0.2) is 10.2 Å². The van der Waals surface area contributed by atoms with E-state index in [4.69, 9.17) is 23.2 Å². The lowest BCUT2D eigenvalue weighted by molar-refractivity contribution is -0.122. The van der Waals surface area contributed by atoms with Gasteiger partial charge in [0.1, 0.15) is 4.33 Å². The lowest BCUT2D eigenvalue weighted by Gasteiger charge is -2.16. The summed E-state index contributed by atoms with van der Waals surface area (Å²) in [4.78, 5) is 12.1. The van der Waals surface area contributed by atoms with E-state index in [0.717, 1.165) is 10.9 Å². The molecule has 1 amide bonds. The van der Waals surface area contributed by atoms with Gasteiger partial charge in [-0.2, -0.15) is 0 Å². The van der Waals surface area contributed by atoms with E-state index in [1.807, 2.05) is 31.2 Å². The molecule has 0 unspecified atom stereocenters. The van der Waals surface area contributed by atoms with E-state index in [2.05, 4.69) is 23.5 Å². The highest BCUT2D eigenvalue weighted by molar-refractivity contribution is 6.52. The van der Waals surface area contributed by atoms with Gasteiger partial charge >= 0.3 is 0 Å². The minimum Gasteiger partial charge on any atom is -0.349 e. The first-order valence-electron chi connectivity index (χ1n) is 6.65. The Hall–Kier alpha value is -1.25. The number of hydrogen-bond donors (Lipinski definition) is 1. The van der Waals surface area contributed by atoms with Crippen LogP contribution in [-0.2, 0) is 4.79 Å². The average Bonchev–Trinajstić information content (AvgIpc) is 3.07. The molecule has 2 atom stereocenters. The molecule has 0 saturated heterocycles. The zero-order valence-corrected chi connectivity index (χ0v) is 12.6. The van der Waals surface area contributed by atoms with Crippen LogP contribution in [0.3, 0.4) is 0 Å². The van der Waals surface area contributed by atoms with Crippen molar-refractivity contribution in [1.82, 2.24) is 5.32 Å². The number of rotatable bonds is 3. The van der Waals surface area contributed by atoms with Crippen LogP contribution in [0.1, 0.15) is 24.9 Å². The lowest BCUT2D eigenvalue weighted by Crippen LogP contribution is -2.29. The Bertz CT molecular complexity index is 663. The zero-order chi connectivity index (χ0) is 14.3. The molecule has 0 bridgehead atoms. The maximum absolute atomic E-state index is 12.1. The van der Waals surface area contributed by atoms with Crippen LogP contribution in [0.5, 0.6) is 0 Å². The van der Waals surface area contributed by atoms with Gasteiger partial charge in [0.05, 0.1) is 12.0 Å². The number of benzene rings is 2. The summed E-state index contributed by atoms with van der Waals surface area (Å²) in [6.45, 7) is 1.98. The fourth-order valence-electron chi connectivity index (χ4n) is 2.52. The van der Waals surface area contributed by atoms with E-state index in [9.17, 15) is 4.79 Å². The van der Waals surface area contributed by atoms with Crippen LogP contribution in [0.2, 0.25) is 0 Å². The molecule has 0 spiro atoms. The van der Waals surface area contributed by atoms with Gasteiger partial charge in [0.25, 0.3) is 0 Å². The van der Waals surface area contributed by atoms with Crippen LogP contribution in [0.4, 0.5) is 0 Å². The van der Waals surface area contributed by atoms with Crippen molar-refractivity contribution in [1.29, 1.82) is 0 Å². The minimum atomic E-state index is -0.872. The highest BCUT2D eigenvalue weighted by Gasteiger charge is 2.56. The zero-order valence-electron chi connectivity index (χ0n) is 11.1. The Balaban J connectivity index is 1.82. The van der Waals surface area contributed by atoms with Gasteiger partial charge in [-0.3, -0.25) is 4.79 Å². The number of halogens is 2.